The van der Waals surface area contributed by atoms with E-state index in [0.717, 1.165) is 11.3 Å². The van der Waals surface area contributed by atoms with Crippen LogP contribution in [0.1, 0.15) is 47.1 Å². The molecule has 2 aromatic rings. The van der Waals surface area contributed by atoms with Crippen LogP contribution in [0, 0.1) is 13.8 Å². The molecular formula is C18H24N2O3. The Bertz CT molecular complexity index is 677. The van der Waals surface area contributed by atoms with Gasteiger partial charge < -0.3 is 14.2 Å². The number of rotatable bonds is 6. The van der Waals surface area contributed by atoms with Crippen molar-refractivity contribution in [1.82, 2.24) is 10.1 Å². The summed E-state index contributed by atoms with van der Waals surface area (Å²) in [6.07, 6.45) is 0. The van der Waals surface area contributed by atoms with E-state index in [2.05, 4.69) is 11.2 Å². The maximum atomic E-state index is 12.3. The van der Waals surface area contributed by atoms with E-state index in [4.69, 9.17) is 9.26 Å². The highest BCUT2D eigenvalue weighted by atomic mass is 16.5. The van der Waals surface area contributed by atoms with E-state index in [1.165, 1.54) is 5.56 Å². The summed E-state index contributed by atoms with van der Waals surface area (Å²) in [6.45, 7) is 8.97. The number of hydrogen-bond acceptors (Lipinski definition) is 4. The van der Waals surface area contributed by atoms with E-state index < -0.39 is 0 Å². The highest BCUT2D eigenvalue weighted by molar-refractivity contribution is 5.92. The maximum absolute atomic E-state index is 12.3. The lowest BCUT2D eigenvalue weighted by atomic mass is 10.1. The fraction of sp³-hybridized carbons (Fsp3) is 0.444. The fourth-order valence-electron chi connectivity index (χ4n) is 2.21. The molecule has 2 rings (SSSR count). The molecule has 0 aliphatic heterocycles. The van der Waals surface area contributed by atoms with Crippen LogP contribution in [0.2, 0.25) is 0 Å². The highest BCUT2D eigenvalue weighted by Gasteiger charge is 2.18. The Morgan fingerprint density at radius 3 is 2.65 bits per heavy atom. The molecule has 1 heterocycles. The number of aryl methyl sites for hydroxylation is 2. The Hall–Kier alpha value is -2.30. The van der Waals surface area contributed by atoms with E-state index in [0.29, 0.717) is 24.6 Å². The first-order valence-electron chi connectivity index (χ1n) is 7.80. The first-order chi connectivity index (χ1) is 10.9. The van der Waals surface area contributed by atoms with Gasteiger partial charge in [-0.05, 0) is 25.5 Å². The minimum atomic E-state index is -0.162. The maximum Gasteiger partial charge on any atom is 0.275 e. The largest absolute Gasteiger partial charge is 0.491 e. The van der Waals surface area contributed by atoms with Gasteiger partial charge in [-0.25, -0.2) is 0 Å². The number of carbonyl (C=O) groups is 1. The normalized spacial score (nSPS) is 10.9. The molecule has 124 valence electrons. The van der Waals surface area contributed by atoms with Gasteiger partial charge in [-0.3, -0.25) is 4.79 Å². The summed E-state index contributed by atoms with van der Waals surface area (Å²) < 4.78 is 10.9. The summed E-state index contributed by atoms with van der Waals surface area (Å²) in [5, 5.41) is 3.84. The molecule has 0 N–H and O–H groups in total. The molecule has 0 aliphatic rings. The molecule has 0 spiro atoms. The van der Waals surface area contributed by atoms with E-state index in [-0.39, 0.29) is 11.8 Å². The Kier molecular flexibility index (Phi) is 5.42. The average Bonchev–Trinajstić information content (AvgIpc) is 2.98. The van der Waals surface area contributed by atoms with Crippen LogP contribution < -0.4 is 4.74 Å². The smallest absolute Gasteiger partial charge is 0.275 e. The number of ether oxygens (including phenoxy) is 1. The van der Waals surface area contributed by atoms with Crippen molar-refractivity contribution in [3.8, 4) is 5.75 Å². The van der Waals surface area contributed by atoms with Crippen LogP contribution in [0.5, 0.6) is 5.75 Å². The van der Waals surface area contributed by atoms with Gasteiger partial charge in [0, 0.05) is 19.0 Å². The summed E-state index contributed by atoms with van der Waals surface area (Å²) in [6, 6.07) is 7.75. The third-order valence-electron chi connectivity index (χ3n) is 3.68. The molecule has 0 atom stereocenters. The van der Waals surface area contributed by atoms with E-state index in [9.17, 15) is 4.79 Å². The SMILES string of the molecule is Cc1ccc(OCCN(C)C(=O)c2cc(C(C)C)on2)c(C)c1. The average molecular weight is 316 g/mol. The molecule has 1 aromatic carbocycles. The van der Waals surface area contributed by atoms with Gasteiger partial charge in [0.15, 0.2) is 5.69 Å². The second-order valence-corrected chi connectivity index (χ2v) is 6.11. The van der Waals surface area contributed by atoms with Crippen molar-refractivity contribution in [2.24, 2.45) is 0 Å². The minimum Gasteiger partial charge on any atom is -0.491 e. The summed E-state index contributed by atoms with van der Waals surface area (Å²) in [5.74, 6) is 1.61. The molecule has 0 radical (unpaired) electrons. The molecule has 0 aliphatic carbocycles. The van der Waals surface area contributed by atoms with Crippen molar-refractivity contribution >= 4 is 5.91 Å². The molecule has 1 amide bonds. The van der Waals surface area contributed by atoms with E-state index >= 15 is 0 Å². The van der Waals surface area contributed by atoms with E-state index in [1.54, 1.807) is 18.0 Å². The third-order valence-corrected chi connectivity index (χ3v) is 3.68. The summed E-state index contributed by atoms with van der Waals surface area (Å²) in [5.41, 5.74) is 2.63. The van der Waals surface area contributed by atoms with Gasteiger partial charge in [0.25, 0.3) is 5.91 Å². The van der Waals surface area contributed by atoms with Crippen LogP contribution in [0.25, 0.3) is 0 Å². The molecule has 0 bridgehead atoms. The molecule has 0 fully saturated rings. The van der Waals surface area contributed by atoms with Gasteiger partial charge >= 0.3 is 0 Å². The van der Waals surface area contributed by atoms with Crippen molar-refractivity contribution in [2.45, 2.75) is 33.6 Å². The van der Waals surface area contributed by atoms with Crippen molar-refractivity contribution in [1.29, 1.82) is 0 Å². The highest BCUT2D eigenvalue weighted by Crippen LogP contribution is 2.19. The van der Waals surface area contributed by atoms with Crippen LogP contribution in [0.3, 0.4) is 0 Å². The number of nitrogens with zero attached hydrogens (tertiary/aromatic N) is 2. The Morgan fingerprint density at radius 1 is 1.30 bits per heavy atom. The minimum absolute atomic E-state index is 0.162. The van der Waals surface area contributed by atoms with Crippen molar-refractivity contribution in [3.63, 3.8) is 0 Å². The topological polar surface area (TPSA) is 55.6 Å². The summed E-state index contributed by atoms with van der Waals surface area (Å²) in [7, 11) is 1.73. The second kappa shape index (κ2) is 7.31. The number of hydrogen-bond donors (Lipinski definition) is 0. The van der Waals surface area contributed by atoms with Crippen LogP contribution in [-0.2, 0) is 0 Å². The molecule has 5 nitrogen and oxygen atoms in total. The zero-order valence-corrected chi connectivity index (χ0v) is 14.4. The van der Waals surface area contributed by atoms with Gasteiger partial charge in [0.2, 0.25) is 0 Å². The van der Waals surface area contributed by atoms with Crippen molar-refractivity contribution in [2.75, 3.05) is 20.2 Å². The second-order valence-electron chi connectivity index (χ2n) is 6.11. The summed E-state index contributed by atoms with van der Waals surface area (Å²) in [4.78, 5) is 13.9. The molecule has 0 unspecified atom stereocenters. The zero-order valence-electron chi connectivity index (χ0n) is 14.4. The number of aromatic nitrogens is 1. The number of likely N-dealkylation sites (N-methyl/N-ethyl adjacent to an activating group) is 1. The molecule has 0 saturated carbocycles. The predicted molar refractivity (Wildman–Crippen MR) is 89.0 cm³/mol. The van der Waals surface area contributed by atoms with Gasteiger partial charge in [-0.2, -0.15) is 0 Å². The van der Waals surface area contributed by atoms with Crippen molar-refractivity contribution < 1.29 is 14.1 Å². The van der Waals surface area contributed by atoms with E-state index in [1.807, 2.05) is 39.8 Å². The lowest BCUT2D eigenvalue weighted by Crippen LogP contribution is -2.31. The quantitative estimate of drug-likeness (QED) is 0.817. The van der Waals surface area contributed by atoms with Gasteiger partial charge in [-0.15, -0.1) is 0 Å². The van der Waals surface area contributed by atoms with Gasteiger partial charge in [0.1, 0.15) is 18.1 Å². The van der Waals surface area contributed by atoms with Crippen LogP contribution in [-0.4, -0.2) is 36.2 Å². The van der Waals surface area contributed by atoms with Crippen LogP contribution in [0.4, 0.5) is 0 Å². The Labute approximate surface area is 137 Å². The van der Waals surface area contributed by atoms with Gasteiger partial charge in [0.05, 0.1) is 6.54 Å². The van der Waals surface area contributed by atoms with Crippen LogP contribution in [0.15, 0.2) is 28.8 Å². The van der Waals surface area contributed by atoms with Gasteiger partial charge in [-0.1, -0.05) is 36.7 Å². The number of amides is 1. The zero-order chi connectivity index (χ0) is 17.0. The van der Waals surface area contributed by atoms with Crippen LogP contribution >= 0.6 is 0 Å². The predicted octanol–water partition coefficient (Wildman–Crippen LogP) is 3.57. The van der Waals surface area contributed by atoms with Crippen molar-refractivity contribution in [3.05, 3.63) is 46.8 Å². The third kappa shape index (κ3) is 4.34. The first kappa shape index (κ1) is 17.1. The standard InChI is InChI=1S/C18H24N2O3/c1-12(2)17-11-15(19-23-17)18(21)20(5)8-9-22-16-7-6-13(3)10-14(16)4/h6-7,10-12H,8-9H2,1-5H3. The monoisotopic (exact) mass is 316 g/mol. The lowest BCUT2D eigenvalue weighted by molar-refractivity contribution is 0.0763. The first-order valence-corrected chi connectivity index (χ1v) is 7.80. The number of benzene rings is 1. The lowest BCUT2D eigenvalue weighted by Gasteiger charge is -2.16. The molecule has 5 heteroatoms. The fourth-order valence-corrected chi connectivity index (χ4v) is 2.21. The molecule has 0 saturated heterocycles. The molecule has 23 heavy (non-hydrogen) atoms. The number of carbonyl (C=O) groups excluding carboxylic acids is 1. The Morgan fingerprint density at radius 2 is 2.04 bits per heavy atom. The molecular weight excluding hydrogens is 292 g/mol. The summed E-state index contributed by atoms with van der Waals surface area (Å²) >= 11 is 0. The molecule has 1 aromatic heterocycles. The Balaban J connectivity index is 1.88.